The fourth-order valence-corrected chi connectivity index (χ4v) is 1.86. The lowest BCUT2D eigenvalue weighted by molar-refractivity contribution is -0.126. The Morgan fingerprint density at radius 2 is 1.81 bits per heavy atom. The summed E-state index contributed by atoms with van der Waals surface area (Å²) in [4.78, 5) is 22.3. The SMILES string of the molecule is NC(=O)C(O)CCCCCC(=O)Nc1ccc(CO)cc1. The normalized spacial score (nSPS) is 11.9. The van der Waals surface area contributed by atoms with Gasteiger partial charge in [-0.15, -0.1) is 0 Å². The monoisotopic (exact) mass is 294 g/mol. The summed E-state index contributed by atoms with van der Waals surface area (Å²) in [5.74, 6) is -0.790. The minimum atomic E-state index is -1.09. The second kappa shape index (κ2) is 9.10. The van der Waals surface area contributed by atoms with Crippen molar-refractivity contribution in [2.24, 2.45) is 5.73 Å². The number of nitrogens with one attached hydrogen (secondary N) is 1. The van der Waals surface area contributed by atoms with Crippen LogP contribution in [0.2, 0.25) is 0 Å². The number of primary amides is 1. The molecule has 21 heavy (non-hydrogen) atoms. The fourth-order valence-electron chi connectivity index (χ4n) is 1.86. The van der Waals surface area contributed by atoms with Crippen LogP contribution in [0.25, 0.3) is 0 Å². The number of aliphatic hydroxyl groups excluding tert-OH is 2. The molecule has 0 bridgehead atoms. The van der Waals surface area contributed by atoms with Gasteiger partial charge < -0.3 is 21.3 Å². The molecule has 0 saturated carbocycles. The Morgan fingerprint density at radius 1 is 1.14 bits per heavy atom. The lowest BCUT2D eigenvalue weighted by Crippen LogP contribution is -2.27. The number of nitrogens with two attached hydrogens (primary N) is 1. The van der Waals surface area contributed by atoms with Crippen LogP contribution in [0.15, 0.2) is 24.3 Å². The first kappa shape index (κ1) is 17.1. The molecule has 1 atom stereocenters. The van der Waals surface area contributed by atoms with Gasteiger partial charge >= 0.3 is 0 Å². The smallest absolute Gasteiger partial charge is 0.246 e. The average Bonchev–Trinajstić information content (AvgIpc) is 2.47. The second-order valence-electron chi connectivity index (χ2n) is 4.92. The van der Waals surface area contributed by atoms with E-state index < -0.39 is 12.0 Å². The lowest BCUT2D eigenvalue weighted by atomic mass is 10.1. The quantitative estimate of drug-likeness (QED) is 0.507. The predicted octanol–water partition coefficient (Wildman–Crippen LogP) is 0.914. The highest BCUT2D eigenvalue weighted by molar-refractivity contribution is 5.90. The van der Waals surface area contributed by atoms with Crippen LogP contribution in [0, 0.1) is 0 Å². The molecular formula is C15H22N2O4. The fraction of sp³-hybridized carbons (Fsp3) is 0.467. The first-order valence-corrected chi connectivity index (χ1v) is 7.00. The zero-order valence-electron chi connectivity index (χ0n) is 11.9. The number of rotatable bonds is 9. The van der Waals surface area contributed by atoms with E-state index in [0.29, 0.717) is 31.4 Å². The van der Waals surface area contributed by atoms with Crippen molar-refractivity contribution in [3.63, 3.8) is 0 Å². The number of aliphatic hydroxyl groups is 2. The Hall–Kier alpha value is -1.92. The maximum absolute atomic E-state index is 11.7. The number of amides is 2. The summed E-state index contributed by atoms with van der Waals surface area (Å²) in [6.45, 7) is -0.0224. The van der Waals surface area contributed by atoms with Gasteiger partial charge in [-0.25, -0.2) is 0 Å². The third-order valence-electron chi connectivity index (χ3n) is 3.13. The van der Waals surface area contributed by atoms with Gasteiger partial charge in [-0.2, -0.15) is 0 Å². The van der Waals surface area contributed by atoms with Crippen LogP contribution < -0.4 is 11.1 Å². The van der Waals surface area contributed by atoms with Gasteiger partial charge in [-0.3, -0.25) is 9.59 Å². The van der Waals surface area contributed by atoms with E-state index in [1.54, 1.807) is 24.3 Å². The molecule has 1 rings (SSSR count). The molecule has 0 saturated heterocycles. The molecule has 2 amide bonds. The maximum atomic E-state index is 11.7. The highest BCUT2D eigenvalue weighted by Gasteiger charge is 2.09. The molecule has 0 heterocycles. The van der Waals surface area contributed by atoms with Crippen LogP contribution in [-0.4, -0.2) is 28.1 Å². The standard InChI is InChI=1S/C15H22N2O4/c16-15(21)13(19)4-2-1-3-5-14(20)17-12-8-6-11(10-18)7-9-12/h6-9,13,18-19H,1-5,10H2,(H2,16,21)(H,17,20). The van der Waals surface area contributed by atoms with Crippen molar-refractivity contribution in [1.82, 2.24) is 0 Å². The average molecular weight is 294 g/mol. The number of hydrogen-bond donors (Lipinski definition) is 4. The van der Waals surface area contributed by atoms with Crippen molar-refractivity contribution in [1.29, 1.82) is 0 Å². The second-order valence-corrected chi connectivity index (χ2v) is 4.92. The Bertz CT molecular complexity index is 459. The number of carbonyl (C=O) groups excluding carboxylic acids is 2. The highest BCUT2D eigenvalue weighted by Crippen LogP contribution is 2.11. The molecule has 6 nitrogen and oxygen atoms in total. The van der Waals surface area contributed by atoms with Crippen molar-refractivity contribution in [3.8, 4) is 0 Å². The molecule has 0 aromatic heterocycles. The maximum Gasteiger partial charge on any atom is 0.246 e. The summed E-state index contributed by atoms with van der Waals surface area (Å²) in [7, 11) is 0. The zero-order valence-corrected chi connectivity index (χ0v) is 11.9. The van der Waals surface area contributed by atoms with Crippen LogP contribution in [-0.2, 0) is 16.2 Å². The molecule has 5 N–H and O–H groups in total. The van der Waals surface area contributed by atoms with Gasteiger partial charge in [-0.1, -0.05) is 25.0 Å². The van der Waals surface area contributed by atoms with Gasteiger partial charge in [0.05, 0.1) is 6.61 Å². The molecule has 0 radical (unpaired) electrons. The van der Waals surface area contributed by atoms with Gasteiger partial charge in [0.25, 0.3) is 0 Å². The molecule has 0 aliphatic carbocycles. The van der Waals surface area contributed by atoms with Crippen molar-refractivity contribution < 1.29 is 19.8 Å². The largest absolute Gasteiger partial charge is 0.392 e. The third-order valence-corrected chi connectivity index (χ3v) is 3.13. The zero-order chi connectivity index (χ0) is 15.7. The van der Waals surface area contributed by atoms with E-state index in [1.165, 1.54) is 0 Å². The topological polar surface area (TPSA) is 113 Å². The van der Waals surface area contributed by atoms with Crippen molar-refractivity contribution in [3.05, 3.63) is 29.8 Å². The van der Waals surface area contributed by atoms with E-state index in [-0.39, 0.29) is 12.5 Å². The number of unbranched alkanes of at least 4 members (excludes halogenated alkanes) is 2. The van der Waals surface area contributed by atoms with Crippen LogP contribution >= 0.6 is 0 Å². The molecule has 116 valence electrons. The number of benzene rings is 1. The Kier molecular flexibility index (Phi) is 7.42. The van der Waals surface area contributed by atoms with Gasteiger partial charge in [-0.05, 0) is 30.5 Å². The summed E-state index contributed by atoms with van der Waals surface area (Å²) in [6.07, 6.45) is 1.72. The predicted molar refractivity (Wildman–Crippen MR) is 79.3 cm³/mol. The van der Waals surface area contributed by atoms with E-state index in [2.05, 4.69) is 5.32 Å². The Labute approximate surface area is 124 Å². The van der Waals surface area contributed by atoms with E-state index in [4.69, 9.17) is 10.8 Å². The number of carbonyl (C=O) groups is 2. The first-order chi connectivity index (χ1) is 10.0. The van der Waals surface area contributed by atoms with Crippen LogP contribution in [0.1, 0.15) is 37.7 Å². The molecule has 0 spiro atoms. The van der Waals surface area contributed by atoms with Gasteiger partial charge in [0, 0.05) is 12.1 Å². The Balaban J connectivity index is 2.17. The molecule has 0 aliphatic rings. The lowest BCUT2D eigenvalue weighted by Gasteiger charge is -2.07. The van der Waals surface area contributed by atoms with Crippen molar-refractivity contribution in [2.45, 2.75) is 44.8 Å². The van der Waals surface area contributed by atoms with Gasteiger partial charge in [0.2, 0.25) is 11.8 Å². The summed E-state index contributed by atoms with van der Waals surface area (Å²) in [6, 6.07) is 6.99. The minimum Gasteiger partial charge on any atom is -0.392 e. The number of anilines is 1. The summed E-state index contributed by atoms with van der Waals surface area (Å²) in [5, 5.41) is 20.9. The highest BCUT2D eigenvalue weighted by atomic mass is 16.3. The molecule has 1 aromatic rings. The van der Waals surface area contributed by atoms with Gasteiger partial charge in [0.1, 0.15) is 6.10 Å². The van der Waals surface area contributed by atoms with E-state index in [9.17, 15) is 14.7 Å². The van der Waals surface area contributed by atoms with Crippen LogP contribution in [0.3, 0.4) is 0 Å². The van der Waals surface area contributed by atoms with E-state index in [1.807, 2.05) is 0 Å². The number of hydrogen-bond acceptors (Lipinski definition) is 4. The first-order valence-electron chi connectivity index (χ1n) is 7.00. The van der Waals surface area contributed by atoms with Crippen LogP contribution in [0.4, 0.5) is 5.69 Å². The van der Waals surface area contributed by atoms with Crippen LogP contribution in [0.5, 0.6) is 0 Å². The third kappa shape index (κ3) is 6.87. The van der Waals surface area contributed by atoms with Crippen molar-refractivity contribution >= 4 is 17.5 Å². The van der Waals surface area contributed by atoms with Crippen molar-refractivity contribution in [2.75, 3.05) is 5.32 Å². The molecule has 6 heteroatoms. The Morgan fingerprint density at radius 3 is 2.38 bits per heavy atom. The molecule has 0 aliphatic heterocycles. The van der Waals surface area contributed by atoms with E-state index in [0.717, 1.165) is 12.0 Å². The molecule has 1 aromatic carbocycles. The molecular weight excluding hydrogens is 272 g/mol. The van der Waals surface area contributed by atoms with E-state index >= 15 is 0 Å². The molecule has 1 unspecified atom stereocenters. The summed E-state index contributed by atoms with van der Waals surface area (Å²) >= 11 is 0. The summed E-state index contributed by atoms with van der Waals surface area (Å²) in [5.41, 5.74) is 6.43. The summed E-state index contributed by atoms with van der Waals surface area (Å²) < 4.78 is 0. The molecule has 0 fully saturated rings. The van der Waals surface area contributed by atoms with Gasteiger partial charge in [0.15, 0.2) is 0 Å². The minimum absolute atomic E-state index is 0.0224.